The summed E-state index contributed by atoms with van der Waals surface area (Å²) in [5, 5.41) is 11.1. The Kier molecular flexibility index (Phi) is 3.79. The van der Waals surface area contributed by atoms with E-state index in [4.69, 9.17) is 8.94 Å². The number of carbonyl (C=O) groups excluding carboxylic acids is 1. The van der Waals surface area contributed by atoms with Gasteiger partial charge in [0.1, 0.15) is 0 Å². The number of nitrogens with one attached hydrogen (secondary N) is 1. The highest BCUT2D eigenvalue weighted by Crippen LogP contribution is 2.24. The summed E-state index contributed by atoms with van der Waals surface area (Å²) in [5.41, 5.74) is 3.47. The zero-order valence-corrected chi connectivity index (χ0v) is 14.2. The molecule has 8 heteroatoms. The van der Waals surface area contributed by atoms with Crippen LogP contribution in [0.5, 0.6) is 0 Å². The molecule has 0 atom stereocenters. The molecule has 0 radical (unpaired) electrons. The third-order valence-corrected chi connectivity index (χ3v) is 4.47. The van der Waals surface area contributed by atoms with E-state index in [9.17, 15) is 4.79 Å². The lowest BCUT2D eigenvalue weighted by atomic mass is 10.2. The van der Waals surface area contributed by atoms with Crippen LogP contribution in [-0.4, -0.2) is 52.3 Å². The molecule has 0 aliphatic carbocycles. The van der Waals surface area contributed by atoms with Crippen molar-refractivity contribution in [2.45, 2.75) is 13.8 Å². The smallest absolute Gasteiger partial charge is 0.276 e. The molecule has 0 saturated carbocycles. The number of aryl methyl sites for hydroxylation is 2. The topological polar surface area (TPSA) is 91.4 Å². The molecular weight excluding hydrogens is 322 g/mol. The summed E-state index contributed by atoms with van der Waals surface area (Å²) in [6.45, 7) is 6.78. The van der Waals surface area contributed by atoms with Crippen molar-refractivity contribution in [3.8, 4) is 11.5 Å². The molecule has 1 aliphatic heterocycles. The fourth-order valence-corrected chi connectivity index (χ4v) is 3.22. The van der Waals surface area contributed by atoms with E-state index in [-0.39, 0.29) is 5.91 Å². The molecule has 1 saturated heterocycles. The Morgan fingerprint density at radius 1 is 1.20 bits per heavy atom. The lowest BCUT2D eigenvalue weighted by Crippen LogP contribution is -2.49. The van der Waals surface area contributed by atoms with Gasteiger partial charge in [0.2, 0.25) is 5.76 Å². The maximum atomic E-state index is 12.6. The van der Waals surface area contributed by atoms with Gasteiger partial charge in [0, 0.05) is 32.2 Å². The molecule has 1 fully saturated rings. The molecule has 1 N–H and O–H groups in total. The summed E-state index contributed by atoms with van der Waals surface area (Å²) < 4.78 is 10.5. The van der Waals surface area contributed by atoms with Gasteiger partial charge in [-0.3, -0.25) is 9.89 Å². The van der Waals surface area contributed by atoms with Gasteiger partial charge in [-0.05, 0) is 26.0 Å². The summed E-state index contributed by atoms with van der Waals surface area (Å²) in [6, 6.07) is 5.15. The van der Waals surface area contributed by atoms with Crippen molar-refractivity contribution in [2.24, 2.45) is 0 Å². The molecule has 0 aromatic carbocycles. The molecule has 4 rings (SSSR count). The van der Waals surface area contributed by atoms with E-state index in [0.29, 0.717) is 30.3 Å². The maximum absolute atomic E-state index is 12.6. The predicted molar refractivity (Wildman–Crippen MR) is 90.4 cm³/mol. The van der Waals surface area contributed by atoms with E-state index in [0.717, 1.165) is 30.2 Å². The van der Waals surface area contributed by atoms with E-state index >= 15 is 0 Å². The van der Waals surface area contributed by atoms with Gasteiger partial charge in [-0.2, -0.15) is 5.10 Å². The Balaban J connectivity index is 1.43. The first kappa shape index (κ1) is 15.5. The van der Waals surface area contributed by atoms with Gasteiger partial charge in [0.15, 0.2) is 11.5 Å². The number of hydrogen-bond acceptors (Lipinski definition) is 6. The minimum Gasteiger partial charge on any atom is -0.461 e. The summed E-state index contributed by atoms with van der Waals surface area (Å²) in [4.78, 5) is 16.7. The predicted octanol–water partition coefficient (Wildman–Crippen LogP) is 2.24. The number of furan rings is 1. The Bertz CT molecular complexity index is 853. The van der Waals surface area contributed by atoms with Crippen LogP contribution in [0.3, 0.4) is 0 Å². The Hall–Kier alpha value is -3.03. The highest BCUT2D eigenvalue weighted by molar-refractivity contribution is 5.93. The van der Waals surface area contributed by atoms with E-state index in [1.165, 1.54) is 0 Å². The molecule has 130 valence electrons. The van der Waals surface area contributed by atoms with Gasteiger partial charge < -0.3 is 18.7 Å². The normalized spacial score (nSPS) is 15.0. The van der Waals surface area contributed by atoms with E-state index in [1.54, 1.807) is 29.4 Å². The Morgan fingerprint density at radius 3 is 2.64 bits per heavy atom. The molecule has 3 aromatic heterocycles. The summed E-state index contributed by atoms with van der Waals surface area (Å²) >= 11 is 0. The van der Waals surface area contributed by atoms with Gasteiger partial charge >= 0.3 is 0 Å². The lowest BCUT2D eigenvalue weighted by Gasteiger charge is -2.35. The van der Waals surface area contributed by atoms with Crippen LogP contribution >= 0.6 is 0 Å². The summed E-state index contributed by atoms with van der Waals surface area (Å²) in [5.74, 6) is 0.890. The highest BCUT2D eigenvalue weighted by Gasteiger charge is 2.26. The van der Waals surface area contributed by atoms with Crippen LogP contribution in [0.2, 0.25) is 0 Å². The summed E-state index contributed by atoms with van der Waals surface area (Å²) in [6.07, 6.45) is 1.55. The molecule has 4 heterocycles. The van der Waals surface area contributed by atoms with Crippen molar-refractivity contribution in [3.63, 3.8) is 0 Å². The van der Waals surface area contributed by atoms with Gasteiger partial charge in [0.25, 0.3) is 5.91 Å². The fraction of sp³-hybridized carbons (Fsp3) is 0.353. The molecule has 0 unspecified atom stereocenters. The van der Waals surface area contributed by atoms with Crippen LogP contribution < -0.4 is 4.90 Å². The first-order valence-electron chi connectivity index (χ1n) is 8.20. The second-order valence-electron chi connectivity index (χ2n) is 6.12. The van der Waals surface area contributed by atoms with Crippen LogP contribution in [0.15, 0.2) is 33.4 Å². The minimum atomic E-state index is -0.123. The number of amides is 1. The highest BCUT2D eigenvalue weighted by atomic mass is 16.5. The van der Waals surface area contributed by atoms with Crippen molar-refractivity contribution in [1.29, 1.82) is 0 Å². The number of nitrogens with zero attached hydrogens (tertiary/aromatic N) is 4. The molecule has 1 amide bonds. The molecule has 1 aliphatic rings. The van der Waals surface area contributed by atoms with Crippen LogP contribution in [0.25, 0.3) is 11.5 Å². The van der Waals surface area contributed by atoms with Crippen molar-refractivity contribution >= 4 is 11.6 Å². The standard InChI is InChI=1S/C17H19N5O3/c1-11-16(12(2)19-18-11)21-5-7-22(8-6-21)17(23)13-10-15(25-20-13)14-4-3-9-24-14/h3-4,9-10H,5-8H2,1-2H3,(H,18,19). The molecular formula is C17H19N5O3. The monoisotopic (exact) mass is 341 g/mol. The third-order valence-electron chi connectivity index (χ3n) is 4.47. The van der Waals surface area contributed by atoms with Gasteiger partial charge in [-0.15, -0.1) is 0 Å². The largest absolute Gasteiger partial charge is 0.461 e. The van der Waals surface area contributed by atoms with Crippen LogP contribution in [0.1, 0.15) is 21.9 Å². The van der Waals surface area contributed by atoms with Crippen molar-refractivity contribution in [1.82, 2.24) is 20.3 Å². The SMILES string of the molecule is Cc1n[nH]c(C)c1N1CCN(C(=O)c2cc(-c3ccco3)on2)CC1. The zero-order valence-electron chi connectivity index (χ0n) is 14.2. The lowest BCUT2D eigenvalue weighted by molar-refractivity contribution is 0.0736. The van der Waals surface area contributed by atoms with Gasteiger partial charge in [-0.25, -0.2) is 0 Å². The molecule has 25 heavy (non-hydrogen) atoms. The molecule has 0 bridgehead atoms. The van der Waals surface area contributed by atoms with Crippen molar-refractivity contribution in [2.75, 3.05) is 31.1 Å². The third kappa shape index (κ3) is 2.79. The zero-order chi connectivity index (χ0) is 17.4. The van der Waals surface area contributed by atoms with Crippen LogP contribution in [0.4, 0.5) is 5.69 Å². The van der Waals surface area contributed by atoms with Crippen LogP contribution in [-0.2, 0) is 0 Å². The quantitative estimate of drug-likeness (QED) is 0.785. The molecule has 3 aromatic rings. The number of rotatable bonds is 3. The number of piperazine rings is 1. The van der Waals surface area contributed by atoms with E-state index < -0.39 is 0 Å². The molecule has 0 spiro atoms. The number of aromatic nitrogens is 3. The van der Waals surface area contributed by atoms with Gasteiger partial charge in [0.05, 0.1) is 23.3 Å². The Morgan fingerprint density at radius 2 is 2.00 bits per heavy atom. The number of aromatic amines is 1. The summed E-state index contributed by atoms with van der Waals surface area (Å²) in [7, 11) is 0. The second-order valence-corrected chi connectivity index (χ2v) is 6.12. The van der Waals surface area contributed by atoms with Gasteiger partial charge in [-0.1, -0.05) is 5.16 Å². The van der Waals surface area contributed by atoms with Crippen molar-refractivity contribution in [3.05, 3.63) is 41.5 Å². The molecule has 8 nitrogen and oxygen atoms in total. The number of H-pyrrole nitrogens is 1. The van der Waals surface area contributed by atoms with Crippen LogP contribution in [0, 0.1) is 13.8 Å². The van der Waals surface area contributed by atoms with Crippen molar-refractivity contribution < 1.29 is 13.7 Å². The first-order valence-corrected chi connectivity index (χ1v) is 8.20. The minimum absolute atomic E-state index is 0.123. The van der Waals surface area contributed by atoms with E-state index in [1.807, 2.05) is 13.8 Å². The number of anilines is 1. The number of hydrogen-bond donors (Lipinski definition) is 1. The fourth-order valence-electron chi connectivity index (χ4n) is 3.22. The number of carbonyl (C=O) groups is 1. The average Bonchev–Trinajstić information content (AvgIpc) is 3.35. The van der Waals surface area contributed by atoms with E-state index in [2.05, 4.69) is 20.3 Å². The maximum Gasteiger partial charge on any atom is 0.276 e. The Labute approximate surface area is 144 Å². The first-order chi connectivity index (χ1) is 12.1. The second kappa shape index (κ2) is 6.12. The average molecular weight is 341 g/mol.